The van der Waals surface area contributed by atoms with Crippen LogP contribution in [-0.4, -0.2) is 47.8 Å². The van der Waals surface area contributed by atoms with Gasteiger partial charge in [-0.05, 0) is 64.0 Å². The maximum Gasteiger partial charge on any atom is 0.0445 e. The highest BCUT2D eigenvalue weighted by atomic mass is 16.3. The molecule has 2 heterocycles. The Balaban J connectivity index is 1.50. The molecule has 17 heavy (non-hydrogen) atoms. The van der Waals surface area contributed by atoms with Gasteiger partial charge < -0.3 is 15.3 Å². The van der Waals surface area contributed by atoms with Crippen molar-refractivity contribution < 1.29 is 5.11 Å². The van der Waals surface area contributed by atoms with E-state index in [1.54, 1.807) is 0 Å². The number of hydrogen-bond donors (Lipinski definition) is 2. The van der Waals surface area contributed by atoms with Crippen LogP contribution < -0.4 is 5.32 Å². The summed E-state index contributed by atoms with van der Waals surface area (Å²) in [5, 5.41) is 13.0. The van der Waals surface area contributed by atoms with Gasteiger partial charge in [0.25, 0.3) is 0 Å². The molecule has 0 bridgehead atoms. The normalized spacial score (nSPS) is 35.8. The number of fused-ring (bicyclic) bond motifs is 1. The number of rotatable bonds is 5. The molecule has 3 heteroatoms. The Morgan fingerprint density at radius 1 is 1.18 bits per heavy atom. The number of aliphatic hydroxyl groups is 1. The Morgan fingerprint density at radius 2 is 2.06 bits per heavy atom. The summed E-state index contributed by atoms with van der Waals surface area (Å²) in [6.45, 7) is 2.97. The first-order chi connectivity index (χ1) is 8.36. The van der Waals surface area contributed by atoms with Gasteiger partial charge in [-0.15, -0.1) is 0 Å². The summed E-state index contributed by atoms with van der Waals surface area (Å²) in [6, 6.07) is 2.17. The fraction of sp³-hybridized carbons (Fsp3) is 1.00. The fourth-order valence-electron chi connectivity index (χ4n) is 3.77. The van der Waals surface area contributed by atoms with Crippen LogP contribution >= 0.6 is 0 Å². The smallest absolute Gasteiger partial charge is 0.0445 e. The van der Waals surface area contributed by atoms with Gasteiger partial charge in [0.2, 0.25) is 0 Å². The Kier molecular flexibility index (Phi) is 3.69. The number of aliphatic hydroxyl groups excluding tert-OH is 1. The summed E-state index contributed by atoms with van der Waals surface area (Å²) in [6.07, 6.45) is 9.17. The molecular formula is C14H26N2O. The zero-order chi connectivity index (χ0) is 11.7. The van der Waals surface area contributed by atoms with Crippen LogP contribution in [0.25, 0.3) is 0 Å². The lowest BCUT2D eigenvalue weighted by molar-refractivity contribution is 0.152. The summed E-state index contributed by atoms with van der Waals surface area (Å²) < 4.78 is 0. The van der Waals surface area contributed by atoms with Crippen LogP contribution in [0.3, 0.4) is 0 Å². The first kappa shape index (κ1) is 11.9. The minimum absolute atomic E-state index is 0.344. The molecule has 3 rings (SSSR count). The van der Waals surface area contributed by atoms with Gasteiger partial charge in [0.05, 0.1) is 0 Å². The molecule has 1 aliphatic carbocycles. The maximum atomic E-state index is 9.14. The molecule has 2 N–H and O–H groups in total. The van der Waals surface area contributed by atoms with Crippen LogP contribution in [0.4, 0.5) is 0 Å². The molecule has 0 spiro atoms. The molecule has 98 valence electrons. The molecule has 3 fully saturated rings. The van der Waals surface area contributed by atoms with E-state index in [4.69, 9.17) is 5.11 Å². The lowest BCUT2D eigenvalue weighted by Crippen LogP contribution is -2.49. The van der Waals surface area contributed by atoms with Gasteiger partial charge in [0.15, 0.2) is 0 Å². The van der Waals surface area contributed by atoms with E-state index in [0.29, 0.717) is 18.7 Å². The molecule has 3 aliphatic rings. The lowest BCUT2D eigenvalue weighted by atomic mass is 9.95. The molecule has 3 unspecified atom stereocenters. The van der Waals surface area contributed by atoms with Crippen LogP contribution in [0.2, 0.25) is 0 Å². The summed E-state index contributed by atoms with van der Waals surface area (Å²) in [7, 11) is 0. The molecule has 1 saturated carbocycles. The third-order valence-corrected chi connectivity index (χ3v) is 4.90. The summed E-state index contributed by atoms with van der Waals surface area (Å²) in [4.78, 5) is 2.68. The highest BCUT2D eigenvalue weighted by Crippen LogP contribution is 2.35. The van der Waals surface area contributed by atoms with Gasteiger partial charge >= 0.3 is 0 Å². The van der Waals surface area contributed by atoms with Gasteiger partial charge in [0, 0.05) is 24.7 Å². The van der Waals surface area contributed by atoms with Gasteiger partial charge in [-0.1, -0.05) is 0 Å². The van der Waals surface area contributed by atoms with Crippen molar-refractivity contribution in [1.82, 2.24) is 10.2 Å². The second-order valence-corrected chi connectivity index (χ2v) is 6.18. The van der Waals surface area contributed by atoms with Gasteiger partial charge in [-0.2, -0.15) is 0 Å². The number of nitrogens with one attached hydrogen (secondary N) is 1. The topological polar surface area (TPSA) is 35.5 Å². The molecule has 2 saturated heterocycles. The first-order valence-corrected chi connectivity index (χ1v) is 7.48. The van der Waals surface area contributed by atoms with Crippen LogP contribution in [0.5, 0.6) is 0 Å². The Hall–Kier alpha value is -0.120. The average molecular weight is 238 g/mol. The van der Waals surface area contributed by atoms with Crippen LogP contribution in [0.1, 0.15) is 44.9 Å². The molecule has 0 radical (unpaired) electrons. The Bertz CT molecular complexity index is 255. The van der Waals surface area contributed by atoms with Crippen molar-refractivity contribution in [1.29, 1.82) is 0 Å². The summed E-state index contributed by atoms with van der Waals surface area (Å²) >= 11 is 0. The van der Waals surface area contributed by atoms with E-state index in [1.807, 2.05) is 0 Å². The van der Waals surface area contributed by atoms with Crippen molar-refractivity contribution >= 4 is 0 Å². The molecule has 0 aromatic carbocycles. The van der Waals surface area contributed by atoms with Crippen molar-refractivity contribution in [3.8, 4) is 0 Å². The zero-order valence-electron chi connectivity index (χ0n) is 10.8. The van der Waals surface area contributed by atoms with Crippen LogP contribution in [0.15, 0.2) is 0 Å². The largest absolute Gasteiger partial charge is 0.396 e. The van der Waals surface area contributed by atoms with Crippen molar-refractivity contribution in [2.75, 3.05) is 19.7 Å². The van der Waals surface area contributed by atoms with Crippen molar-refractivity contribution in [3.05, 3.63) is 0 Å². The van der Waals surface area contributed by atoms with Crippen LogP contribution in [-0.2, 0) is 0 Å². The van der Waals surface area contributed by atoms with Gasteiger partial charge in [0.1, 0.15) is 0 Å². The van der Waals surface area contributed by atoms with E-state index >= 15 is 0 Å². The van der Waals surface area contributed by atoms with Crippen molar-refractivity contribution in [2.24, 2.45) is 5.92 Å². The third-order valence-electron chi connectivity index (χ3n) is 4.90. The predicted octanol–water partition coefficient (Wildman–Crippen LogP) is 1.36. The van der Waals surface area contributed by atoms with E-state index in [-0.39, 0.29) is 0 Å². The molecule has 0 aromatic rings. The quantitative estimate of drug-likeness (QED) is 0.759. The Labute approximate surface area is 105 Å². The lowest BCUT2D eigenvalue weighted by Gasteiger charge is -2.37. The van der Waals surface area contributed by atoms with Crippen LogP contribution in [0, 0.1) is 5.92 Å². The standard InChI is InChI=1S/C14H26N2O/c17-9-6-14(11-3-4-11)15-12-5-8-16-7-1-2-13(16)10-12/h11-15,17H,1-10H2. The number of nitrogens with zero attached hydrogens (tertiary/aromatic N) is 1. The first-order valence-electron chi connectivity index (χ1n) is 7.48. The van der Waals surface area contributed by atoms with Gasteiger partial charge in [-0.25, -0.2) is 0 Å². The minimum atomic E-state index is 0.344. The summed E-state index contributed by atoms with van der Waals surface area (Å²) in [5.41, 5.74) is 0. The average Bonchev–Trinajstić information content (AvgIpc) is 3.07. The SMILES string of the molecule is OCCC(NC1CCN2CCCC2C1)C1CC1. The molecule has 2 aliphatic heterocycles. The maximum absolute atomic E-state index is 9.14. The molecule has 0 aromatic heterocycles. The molecule has 0 amide bonds. The predicted molar refractivity (Wildman–Crippen MR) is 69.0 cm³/mol. The number of hydrogen-bond acceptors (Lipinski definition) is 3. The van der Waals surface area contributed by atoms with Crippen molar-refractivity contribution in [2.45, 2.75) is 63.1 Å². The van der Waals surface area contributed by atoms with E-state index in [2.05, 4.69) is 10.2 Å². The minimum Gasteiger partial charge on any atom is -0.396 e. The molecular weight excluding hydrogens is 212 g/mol. The molecule has 3 atom stereocenters. The van der Waals surface area contributed by atoms with Crippen molar-refractivity contribution in [3.63, 3.8) is 0 Å². The van der Waals surface area contributed by atoms with Gasteiger partial charge in [-0.3, -0.25) is 0 Å². The summed E-state index contributed by atoms with van der Waals surface area (Å²) in [5.74, 6) is 0.865. The highest BCUT2D eigenvalue weighted by molar-refractivity contribution is 4.93. The Morgan fingerprint density at radius 3 is 2.82 bits per heavy atom. The second-order valence-electron chi connectivity index (χ2n) is 6.18. The van der Waals surface area contributed by atoms with E-state index in [1.165, 1.54) is 51.6 Å². The fourth-order valence-corrected chi connectivity index (χ4v) is 3.77. The van der Waals surface area contributed by atoms with E-state index in [9.17, 15) is 0 Å². The monoisotopic (exact) mass is 238 g/mol. The highest BCUT2D eigenvalue weighted by Gasteiger charge is 2.36. The zero-order valence-corrected chi connectivity index (χ0v) is 10.8. The second kappa shape index (κ2) is 5.25. The number of piperidine rings is 1. The van der Waals surface area contributed by atoms with E-state index in [0.717, 1.165) is 18.4 Å². The molecule has 3 nitrogen and oxygen atoms in total. The van der Waals surface area contributed by atoms with E-state index < -0.39 is 0 Å². The third kappa shape index (κ3) is 2.83.